The van der Waals surface area contributed by atoms with Crippen LogP contribution >= 0.6 is 0 Å². The number of Topliss-reactive ketones (excluding diaryl/α,β-unsaturated/α-hetero) is 1. The fourth-order valence-electron chi connectivity index (χ4n) is 5.72. The number of ether oxygens (including phenoxy) is 1. The highest BCUT2D eigenvalue weighted by molar-refractivity contribution is 6.09. The van der Waals surface area contributed by atoms with Gasteiger partial charge >= 0.3 is 0 Å². The van der Waals surface area contributed by atoms with Crippen LogP contribution < -0.4 is 5.73 Å². The van der Waals surface area contributed by atoms with Crippen LogP contribution in [-0.2, 0) is 14.3 Å². The molecule has 1 amide bonds. The van der Waals surface area contributed by atoms with E-state index in [1.165, 1.54) is 55.7 Å². The Morgan fingerprint density at radius 3 is 2.23 bits per heavy atom. The van der Waals surface area contributed by atoms with Gasteiger partial charge in [0.25, 0.3) is 5.91 Å². The number of aryl methyl sites for hydroxylation is 3. The van der Waals surface area contributed by atoms with Gasteiger partial charge in [-0.1, -0.05) is 45.2 Å². The van der Waals surface area contributed by atoms with Crippen LogP contribution in [0.15, 0.2) is 28.4 Å². The van der Waals surface area contributed by atoms with E-state index in [0.29, 0.717) is 13.1 Å². The van der Waals surface area contributed by atoms with E-state index < -0.39 is 0 Å². The molecule has 3 rings (SSSR count). The zero-order valence-corrected chi connectivity index (χ0v) is 25.9. The van der Waals surface area contributed by atoms with E-state index in [1.807, 2.05) is 13.8 Å². The second-order valence-electron chi connectivity index (χ2n) is 11.6. The van der Waals surface area contributed by atoms with E-state index in [9.17, 15) is 9.59 Å². The Hall–Kier alpha value is -2.47. The Kier molecular flexibility index (Phi) is 13.4. The summed E-state index contributed by atoms with van der Waals surface area (Å²) in [6.07, 6.45) is 9.14. The number of morpholine rings is 1. The van der Waals surface area contributed by atoms with Crippen LogP contribution in [0.1, 0.15) is 114 Å². The Bertz CT molecular complexity index is 1030. The van der Waals surface area contributed by atoms with Crippen LogP contribution in [0.5, 0.6) is 0 Å². The summed E-state index contributed by atoms with van der Waals surface area (Å²) in [4.78, 5) is 29.8. The average molecular weight is 540 g/mol. The van der Waals surface area contributed by atoms with E-state index >= 15 is 0 Å². The van der Waals surface area contributed by atoms with Gasteiger partial charge < -0.3 is 15.4 Å². The van der Waals surface area contributed by atoms with Crippen LogP contribution in [0.4, 0.5) is 0 Å². The third-order valence-corrected chi connectivity index (χ3v) is 7.81. The lowest BCUT2D eigenvalue weighted by Gasteiger charge is -2.35. The minimum atomic E-state index is -0.144. The molecule has 1 saturated heterocycles. The normalized spacial score (nSPS) is 22.4. The molecule has 1 aromatic rings. The molecule has 39 heavy (non-hydrogen) atoms. The van der Waals surface area contributed by atoms with Crippen molar-refractivity contribution in [2.75, 3.05) is 19.6 Å². The number of hydrogen-bond donors (Lipinski definition) is 1. The molecule has 2 fully saturated rings. The van der Waals surface area contributed by atoms with E-state index in [2.05, 4.69) is 51.7 Å². The van der Waals surface area contributed by atoms with Crippen molar-refractivity contribution in [1.82, 2.24) is 4.90 Å². The summed E-state index contributed by atoms with van der Waals surface area (Å²) in [6, 6.07) is 4.79. The van der Waals surface area contributed by atoms with E-state index in [-0.39, 0.29) is 36.1 Å². The number of benzene rings is 1. The maximum Gasteiger partial charge on any atom is 0.270 e. The molecule has 1 aliphatic heterocycles. The van der Waals surface area contributed by atoms with Gasteiger partial charge in [-0.05, 0) is 102 Å². The van der Waals surface area contributed by atoms with Crippen LogP contribution in [-0.4, -0.2) is 54.1 Å². The first-order valence-electron chi connectivity index (χ1n) is 15.0. The fourth-order valence-corrected chi connectivity index (χ4v) is 5.72. The van der Waals surface area contributed by atoms with Gasteiger partial charge in [-0.25, -0.2) is 0 Å². The number of nitrogens with zero attached hydrogens (tertiary/aromatic N) is 2. The number of rotatable bonds is 9. The molecule has 2 aliphatic rings. The molecule has 0 spiro atoms. The first-order chi connectivity index (χ1) is 18.5. The van der Waals surface area contributed by atoms with Crippen molar-refractivity contribution in [3.8, 4) is 0 Å². The zero-order valence-electron chi connectivity index (χ0n) is 25.9. The molecular formula is C33H53N3O3. The molecule has 1 aliphatic carbocycles. The molecule has 218 valence electrons. The van der Waals surface area contributed by atoms with Crippen molar-refractivity contribution in [3.63, 3.8) is 0 Å². The number of allylic oxidation sites excluding steroid dienone is 1. The maximum absolute atomic E-state index is 12.6. The molecule has 6 nitrogen and oxygen atoms in total. The number of aliphatic imine (C=N–C) groups is 1. The number of ketones is 1. The number of carbonyl (C=O) groups excluding carboxylic acids is 2. The predicted molar refractivity (Wildman–Crippen MR) is 162 cm³/mol. The second kappa shape index (κ2) is 16.0. The van der Waals surface area contributed by atoms with E-state index in [1.54, 1.807) is 10.5 Å². The minimum Gasteiger partial charge on any atom is -0.394 e. The average Bonchev–Trinajstić information content (AvgIpc) is 3.35. The van der Waals surface area contributed by atoms with Gasteiger partial charge in [-0.2, -0.15) is 0 Å². The third-order valence-electron chi connectivity index (χ3n) is 7.81. The van der Waals surface area contributed by atoms with E-state index in [4.69, 9.17) is 10.5 Å². The van der Waals surface area contributed by atoms with Crippen molar-refractivity contribution in [2.24, 2.45) is 10.7 Å². The van der Waals surface area contributed by atoms with Crippen LogP contribution in [0.25, 0.3) is 0 Å². The number of amides is 1. The molecular weight excluding hydrogens is 486 g/mol. The first-order valence-corrected chi connectivity index (χ1v) is 15.0. The van der Waals surface area contributed by atoms with Gasteiger partial charge in [-0.3, -0.25) is 14.6 Å². The molecule has 0 bridgehead atoms. The highest BCUT2D eigenvalue weighted by Crippen LogP contribution is 2.31. The number of carbonyl (C=O) groups is 2. The van der Waals surface area contributed by atoms with Crippen molar-refractivity contribution < 1.29 is 14.3 Å². The number of unbranched alkanes of at least 4 members (excludes halogenated alkanes) is 1. The topological polar surface area (TPSA) is 85.0 Å². The summed E-state index contributed by atoms with van der Waals surface area (Å²) in [5.74, 6) is 0.646. The van der Waals surface area contributed by atoms with Gasteiger partial charge in [0.15, 0.2) is 5.78 Å². The molecule has 1 unspecified atom stereocenters. The minimum absolute atomic E-state index is 0.0134. The Balaban J connectivity index is 0.000000283. The quantitative estimate of drug-likeness (QED) is 0.352. The summed E-state index contributed by atoms with van der Waals surface area (Å²) in [6.45, 7) is 18.0. The monoisotopic (exact) mass is 539 g/mol. The van der Waals surface area contributed by atoms with Crippen LogP contribution in [0.2, 0.25) is 0 Å². The van der Waals surface area contributed by atoms with Crippen molar-refractivity contribution in [1.29, 1.82) is 0 Å². The lowest BCUT2D eigenvalue weighted by molar-refractivity contribution is -0.139. The molecule has 2 N–H and O–H groups in total. The third kappa shape index (κ3) is 9.90. The maximum atomic E-state index is 12.6. The Morgan fingerprint density at radius 2 is 1.64 bits per heavy atom. The summed E-state index contributed by atoms with van der Waals surface area (Å²) in [7, 11) is 0. The lowest BCUT2D eigenvalue weighted by Crippen LogP contribution is -2.49. The second-order valence-corrected chi connectivity index (χ2v) is 11.6. The van der Waals surface area contributed by atoms with Gasteiger partial charge in [0.05, 0.1) is 18.8 Å². The molecule has 3 atom stereocenters. The molecule has 0 radical (unpaired) electrons. The summed E-state index contributed by atoms with van der Waals surface area (Å²) in [5.41, 5.74) is 14.0. The highest BCUT2D eigenvalue weighted by Gasteiger charge is 2.30. The smallest absolute Gasteiger partial charge is 0.270 e. The Labute approximate surface area is 237 Å². The standard InChI is InChI=1S/C17H28.C16H25N3O3/c1-6-8-10-16(9-7-2)17-12-14(4)13(3)11-15(17)5;1-10(20)7-18-14-6-4-5-13(14)15(17)16(21)19-8-11(2)22-12(3)9-19/h11-12,16H,6-10H2,1-5H3;11-12H,4-9,17H2,1-3H3/b;15-13-,18-14?/t;11-,12+. The van der Waals surface area contributed by atoms with Gasteiger partial charge in [0.2, 0.25) is 0 Å². The van der Waals surface area contributed by atoms with Crippen LogP contribution in [0, 0.1) is 20.8 Å². The summed E-state index contributed by atoms with van der Waals surface area (Å²) in [5, 5.41) is 0. The van der Waals surface area contributed by atoms with Gasteiger partial charge in [0, 0.05) is 24.4 Å². The van der Waals surface area contributed by atoms with Crippen molar-refractivity contribution >= 4 is 17.4 Å². The molecule has 1 saturated carbocycles. The highest BCUT2D eigenvalue weighted by atomic mass is 16.5. The first kappa shape index (κ1) is 32.7. The number of nitrogens with two attached hydrogens (primary N) is 1. The van der Waals surface area contributed by atoms with Gasteiger partial charge in [0.1, 0.15) is 5.70 Å². The SMILES string of the molecule is CC(=O)CN=C1CCC/C1=C(/N)C(=O)N1C[C@@H](C)O[C@@H](C)C1.CCCCC(CCC)c1cc(C)c(C)cc1C. The summed E-state index contributed by atoms with van der Waals surface area (Å²) >= 11 is 0. The van der Waals surface area contributed by atoms with E-state index in [0.717, 1.165) is 36.5 Å². The summed E-state index contributed by atoms with van der Waals surface area (Å²) < 4.78 is 5.65. The lowest BCUT2D eigenvalue weighted by atomic mass is 9.85. The predicted octanol–water partition coefficient (Wildman–Crippen LogP) is 6.73. The van der Waals surface area contributed by atoms with Crippen molar-refractivity contribution in [3.05, 3.63) is 45.7 Å². The number of hydrogen-bond acceptors (Lipinski definition) is 5. The van der Waals surface area contributed by atoms with Crippen molar-refractivity contribution in [2.45, 2.75) is 125 Å². The largest absolute Gasteiger partial charge is 0.394 e. The fraction of sp³-hybridized carbons (Fsp3) is 0.667. The molecule has 1 aromatic carbocycles. The molecule has 0 aromatic heterocycles. The zero-order chi connectivity index (χ0) is 29.1. The van der Waals surface area contributed by atoms with Crippen LogP contribution in [0.3, 0.4) is 0 Å². The molecule has 1 heterocycles. The van der Waals surface area contributed by atoms with Gasteiger partial charge in [-0.15, -0.1) is 0 Å². The Morgan fingerprint density at radius 1 is 1.00 bits per heavy atom. The molecule has 6 heteroatoms.